The molecule has 0 nitrogen and oxygen atoms in total. The summed E-state index contributed by atoms with van der Waals surface area (Å²) < 4.78 is 2.84. The summed E-state index contributed by atoms with van der Waals surface area (Å²) in [5.74, 6) is 0. The number of benzene rings is 1. The highest BCUT2D eigenvalue weighted by atomic mass is 127. The van der Waals surface area contributed by atoms with Crippen LogP contribution in [0.3, 0.4) is 0 Å². The van der Waals surface area contributed by atoms with Crippen molar-refractivity contribution in [2.24, 2.45) is 0 Å². The predicted octanol–water partition coefficient (Wildman–Crippen LogP) is 4.79. The van der Waals surface area contributed by atoms with Crippen molar-refractivity contribution in [3.63, 3.8) is 0 Å². The molecule has 0 fully saturated rings. The van der Waals surface area contributed by atoms with Gasteiger partial charge in [0.1, 0.15) is 0 Å². The van der Waals surface area contributed by atoms with Crippen LogP contribution in [0.4, 0.5) is 0 Å². The van der Waals surface area contributed by atoms with Crippen LogP contribution < -0.4 is 0 Å². The highest BCUT2D eigenvalue weighted by Crippen LogP contribution is 2.36. The highest BCUT2D eigenvalue weighted by Gasteiger charge is 2.09. The number of hydrogen-bond acceptors (Lipinski definition) is 2. The highest BCUT2D eigenvalue weighted by molar-refractivity contribution is 14.1. The number of aryl methyl sites for hydroxylation is 1. The topological polar surface area (TPSA) is 0 Å². The van der Waals surface area contributed by atoms with Gasteiger partial charge in [0.05, 0.1) is 0 Å². The first-order valence-corrected chi connectivity index (χ1v) is 7.68. The summed E-state index contributed by atoms with van der Waals surface area (Å²) in [5.41, 5.74) is 1.48. The van der Waals surface area contributed by atoms with Crippen LogP contribution >= 0.6 is 45.7 Å². The van der Waals surface area contributed by atoms with Crippen LogP contribution in [0.1, 0.15) is 12.5 Å². The van der Waals surface area contributed by atoms with E-state index in [1.807, 2.05) is 23.1 Å². The summed E-state index contributed by atoms with van der Waals surface area (Å²) in [5, 5.41) is 3.60. The molecule has 2 rings (SSSR count). The van der Waals surface area contributed by atoms with Crippen molar-refractivity contribution in [1.29, 1.82) is 0 Å². The van der Waals surface area contributed by atoms with Gasteiger partial charge in [0, 0.05) is 18.6 Å². The van der Waals surface area contributed by atoms with E-state index in [1.165, 1.54) is 24.1 Å². The van der Waals surface area contributed by atoms with Gasteiger partial charge in [0.15, 0.2) is 0 Å². The van der Waals surface area contributed by atoms with Crippen LogP contribution in [0, 0.1) is 3.57 Å². The summed E-state index contributed by atoms with van der Waals surface area (Å²) >= 11 is 6.16. The first-order valence-electron chi connectivity index (χ1n) is 4.50. The Morgan fingerprint density at radius 3 is 2.93 bits per heavy atom. The maximum Gasteiger partial charge on any atom is 0.0491 e. The molecule has 0 bridgehead atoms. The van der Waals surface area contributed by atoms with E-state index in [-0.39, 0.29) is 0 Å². The average Bonchev–Trinajstić information content (AvgIpc) is 2.66. The Balaban J connectivity index is 2.82. The van der Waals surface area contributed by atoms with E-state index in [4.69, 9.17) is 0 Å². The van der Waals surface area contributed by atoms with E-state index in [0.29, 0.717) is 0 Å². The lowest BCUT2D eigenvalue weighted by Crippen LogP contribution is -1.87. The van der Waals surface area contributed by atoms with Crippen LogP contribution in [0.2, 0.25) is 0 Å². The molecule has 0 saturated heterocycles. The van der Waals surface area contributed by atoms with Crippen LogP contribution in [0.5, 0.6) is 0 Å². The molecule has 0 atom stereocenters. The number of halogens is 1. The Morgan fingerprint density at radius 2 is 2.29 bits per heavy atom. The monoisotopic (exact) mass is 334 g/mol. The number of thiophene rings is 1. The third-order valence-corrected chi connectivity index (χ3v) is 5.13. The fraction of sp³-hybridized carbons (Fsp3) is 0.273. The lowest BCUT2D eigenvalue weighted by Gasteiger charge is -2.07. The molecule has 1 aromatic carbocycles. The Labute approximate surface area is 106 Å². The molecule has 0 amide bonds. The van der Waals surface area contributed by atoms with Crippen molar-refractivity contribution in [3.8, 4) is 0 Å². The minimum atomic E-state index is 1.13. The van der Waals surface area contributed by atoms with E-state index in [2.05, 4.69) is 53.3 Å². The minimum Gasteiger partial charge on any atom is -0.143 e. The smallest absolute Gasteiger partial charge is 0.0491 e. The molecule has 0 aliphatic carbocycles. The summed E-state index contributed by atoms with van der Waals surface area (Å²) in [6.45, 7) is 2.23. The number of hydrogen-bond donors (Lipinski definition) is 0. The Kier molecular flexibility index (Phi) is 3.39. The molecular weight excluding hydrogens is 323 g/mol. The molecule has 0 saturated carbocycles. The first kappa shape index (κ1) is 10.8. The molecule has 1 heterocycles. The molecular formula is C11H11IS2. The number of thioether (sulfide) groups is 1. The Bertz CT molecular complexity index is 460. The summed E-state index contributed by atoms with van der Waals surface area (Å²) in [6, 6.07) is 4.54. The fourth-order valence-corrected chi connectivity index (χ4v) is 4.65. The van der Waals surface area contributed by atoms with Crippen LogP contribution in [0.25, 0.3) is 10.1 Å². The van der Waals surface area contributed by atoms with Crippen molar-refractivity contribution in [2.75, 3.05) is 6.26 Å². The molecule has 0 radical (unpaired) electrons. The normalized spacial score (nSPS) is 11.1. The number of fused-ring (bicyclic) bond motifs is 1. The SMILES string of the molecule is CCc1cc(I)c2ccsc2c1SC. The first-order chi connectivity index (χ1) is 6.77. The van der Waals surface area contributed by atoms with Gasteiger partial charge < -0.3 is 0 Å². The zero-order valence-corrected chi connectivity index (χ0v) is 11.9. The van der Waals surface area contributed by atoms with Gasteiger partial charge >= 0.3 is 0 Å². The molecule has 0 unspecified atom stereocenters. The van der Waals surface area contributed by atoms with Gasteiger partial charge in [-0.25, -0.2) is 0 Å². The van der Waals surface area contributed by atoms with Gasteiger partial charge in [-0.1, -0.05) is 6.92 Å². The molecule has 2 aromatic rings. The molecule has 74 valence electrons. The third kappa shape index (κ3) is 1.70. The summed E-state index contributed by atoms with van der Waals surface area (Å²) in [4.78, 5) is 1.47. The second-order valence-electron chi connectivity index (χ2n) is 3.07. The molecule has 0 aliphatic heterocycles. The lowest BCUT2D eigenvalue weighted by atomic mass is 10.1. The molecule has 0 spiro atoms. The Hall–Kier alpha value is 0.260. The minimum absolute atomic E-state index is 1.13. The second kappa shape index (κ2) is 4.41. The van der Waals surface area contributed by atoms with Crippen molar-refractivity contribution < 1.29 is 0 Å². The molecule has 0 N–H and O–H groups in total. The maximum absolute atomic E-state index is 2.43. The van der Waals surface area contributed by atoms with Crippen LogP contribution in [0.15, 0.2) is 22.4 Å². The zero-order valence-electron chi connectivity index (χ0n) is 8.13. The van der Waals surface area contributed by atoms with Gasteiger partial charge in [-0.2, -0.15) is 0 Å². The standard InChI is InChI=1S/C11H11IS2/c1-3-7-6-9(12)8-4-5-14-11(8)10(7)13-2/h4-6H,3H2,1-2H3. The van der Waals surface area contributed by atoms with Crippen molar-refractivity contribution in [1.82, 2.24) is 0 Å². The zero-order chi connectivity index (χ0) is 10.1. The average molecular weight is 334 g/mol. The van der Waals surface area contributed by atoms with Gasteiger partial charge in [-0.3, -0.25) is 0 Å². The van der Waals surface area contributed by atoms with Gasteiger partial charge in [0.2, 0.25) is 0 Å². The van der Waals surface area contributed by atoms with Crippen LogP contribution in [-0.4, -0.2) is 6.26 Å². The molecule has 3 heteroatoms. The van der Waals surface area contributed by atoms with Gasteiger partial charge in [0.25, 0.3) is 0 Å². The van der Waals surface area contributed by atoms with Crippen LogP contribution in [-0.2, 0) is 6.42 Å². The number of rotatable bonds is 2. The van der Waals surface area contributed by atoms with E-state index in [1.54, 1.807) is 0 Å². The van der Waals surface area contributed by atoms with E-state index in [9.17, 15) is 0 Å². The lowest BCUT2D eigenvalue weighted by molar-refractivity contribution is 1.10. The van der Waals surface area contributed by atoms with Gasteiger partial charge in [-0.05, 0) is 58.3 Å². The summed E-state index contributed by atoms with van der Waals surface area (Å²) in [6.07, 6.45) is 3.29. The molecule has 14 heavy (non-hydrogen) atoms. The van der Waals surface area contributed by atoms with E-state index >= 15 is 0 Å². The van der Waals surface area contributed by atoms with E-state index in [0.717, 1.165) is 6.42 Å². The molecule has 1 aromatic heterocycles. The Morgan fingerprint density at radius 1 is 1.50 bits per heavy atom. The van der Waals surface area contributed by atoms with Gasteiger partial charge in [-0.15, -0.1) is 23.1 Å². The fourth-order valence-electron chi connectivity index (χ4n) is 1.60. The van der Waals surface area contributed by atoms with Crippen molar-refractivity contribution in [2.45, 2.75) is 18.2 Å². The quantitative estimate of drug-likeness (QED) is 0.562. The van der Waals surface area contributed by atoms with Crippen molar-refractivity contribution >= 4 is 55.8 Å². The van der Waals surface area contributed by atoms with Crippen molar-refractivity contribution in [3.05, 3.63) is 26.6 Å². The molecule has 0 aliphatic rings. The second-order valence-corrected chi connectivity index (χ2v) is 5.96. The summed E-state index contributed by atoms with van der Waals surface area (Å²) in [7, 11) is 0. The maximum atomic E-state index is 2.43. The predicted molar refractivity (Wildman–Crippen MR) is 75.7 cm³/mol. The van der Waals surface area contributed by atoms with E-state index < -0.39 is 0 Å². The largest absolute Gasteiger partial charge is 0.143 e. The third-order valence-electron chi connectivity index (χ3n) is 2.31.